The molecule has 0 aliphatic heterocycles. The van der Waals surface area contributed by atoms with Gasteiger partial charge in [-0.05, 0) is 18.2 Å². The fourth-order valence-electron chi connectivity index (χ4n) is 1.53. The van der Waals surface area contributed by atoms with Crippen LogP contribution < -0.4 is 10.1 Å². The molecule has 2 rings (SSSR count). The van der Waals surface area contributed by atoms with Gasteiger partial charge in [0.2, 0.25) is 0 Å². The number of hydrogen-bond acceptors (Lipinski definition) is 4. The van der Waals surface area contributed by atoms with Crippen molar-refractivity contribution in [3.05, 3.63) is 44.6 Å². The number of ether oxygens (including phenoxy) is 1. The average Bonchev–Trinajstić information content (AvgIpc) is 2.85. The van der Waals surface area contributed by atoms with E-state index in [4.69, 9.17) is 4.74 Å². The number of benzene rings is 1. The zero-order chi connectivity index (χ0) is 14.5. The molecule has 1 aromatic carbocycles. The quantitative estimate of drug-likeness (QED) is 0.843. The van der Waals surface area contributed by atoms with Crippen molar-refractivity contribution in [1.82, 2.24) is 10.3 Å². The summed E-state index contributed by atoms with van der Waals surface area (Å²) in [4.78, 5) is 4.45. The Balaban J connectivity index is 1.92. The molecule has 1 aromatic heterocycles. The molecular formula is C14H16BrFN2OS. The Morgan fingerprint density at radius 3 is 3.00 bits per heavy atom. The molecule has 0 saturated carbocycles. The van der Waals surface area contributed by atoms with Gasteiger partial charge in [0.15, 0.2) is 11.6 Å². The molecule has 0 aliphatic carbocycles. The Hall–Kier alpha value is -0.980. The maximum atomic E-state index is 13.5. The molecule has 0 saturated heterocycles. The van der Waals surface area contributed by atoms with Crippen LogP contribution in [0, 0.1) is 5.82 Å². The van der Waals surface area contributed by atoms with E-state index in [0.29, 0.717) is 6.04 Å². The van der Waals surface area contributed by atoms with Crippen LogP contribution in [0.1, 0.15) is 24.5 Å². The van der Waals surface area contributed by atoms with Crippen molar-refractivity contribution in [2.45, 2.75) is 33.0 Å². The molecule has 0 fully saturated rings. The van der Waals surface area contributed by atoms with E-state index < -0.39 is 0 Å². The van der Waals surface area contributed by atoms with Gasteiger partial charge in [0, 0.05) is 22.4 Å². The maximum Gasteiger partial charge on any atom is 0.165 e. The average molecular weight is 359 g/mol. The topological polar surface area (TPSA) is 34.2 Å². The molecular weight excluding hydrogens is 343 g/mol. The highest BCUT2D eigenvalue weighted by Crippen LogP contribution is 2.23. The first-order valence-electron chi connectivity index (χ1n) is 6.29. The van der Waals surface area contributed by atoms with Crippen molar-refractivity contribution in [3.8, 4) is 5.75 Å². The van der Waals surface area contributed by atoms with E-state index in [9.17, 15) is 4.39 Å². The normalized spacial score (nSPS) is 11.1. The summed E-state index contributed by atoms with van der Waals surface area (Å²) in [6.07, 6.45) is 0. The molecule has 0 aliphatic rings. The van der Waals surface area contributed by atoms with Gasteiger partial charge >= 0.3 is 0 Å². The van der Waals surface area contributed by atoms with Gasteiger partial charge < -0.3 is 10.1 Å². The number of halogens is 2. The molecule has 0 spiro atoms. The number of nitrogens with zero attached hydrogens (tertiary/aromatic N) is 1. The first-order valence-corrected chi connectivity index (χ1v) is 7.96. The van der Waals surface area contributed by atoms with E-state index >= 15 is 0 Å². The SMILES string of the molecule is CC(C)NCc1nc(COc2cc(Br)ccc2F)cs1. The van der Waals surface area contributed by atoms with Crippen molar-refractivity contribution in [2.75, 3.05) is 0 Å². The lowest BCUT2D eigenvalue weighted by atomic mass is 10.3. The lowest BCUT2D eigenvalue weighted by Crippen LogP contribution is -2.21. The molecule has 0 unspecified atom stereocenters. The lowest BCUT2D eigenvalue weighted by molar-refractivity contribution is 0.286. The van der Waals surface area contributed by atoms with Gasteiger partial charge in [0.1, 0.15) is 11.6 Å². The highest BCUT2D eigenvalue weighted by atomic mass is 79.9. The monoisotopic (exact) mass is 358 g/mol. The Kier molecular flexibility index (Phi) is 5.51. The summed E-state index contributed by atoms with van der Waals surface area (Å²) in [6.45, 7) is 5.19. The zero-order valence-electron chi connectivity index (χ0n) is 11.3. The van der Waals surface area contributed by atoms with E-state index in [1.165, 1.54) is 6.07 Å². The second-order valence-electron chi connectivity index (χ2n) is 4.63. The molecule has 2 aromatic rings. The summed E-state index contributed by atoms with van der Waals surface area (Å²) in [7, 11) is 0. The van der Waals surface area contributed by atoms with Crippen LogP contribution in [-0.2, 0) is 13.2 Å². The van der Waals surface area contributed by atoms with Gasteiger partial charge in [-0.1, -0.05) is 29.8 Å². The Labute approximate surface area is 130 Å². The smallest absolute Gasteiger partial charge is 0.165 e. The molecule has 1 heterocycles. The second-order valence-corrected chi connectivity index (χ2v) is 6.49. The molecule has 20 heavy (non-hydrogen) atoms. The van der Waals surface area contributed by atoms with Crippen LogP contribution in [0.25, 0.3) is 0 Å². The van der Waals surface area contributed by atoms with Gasteiger partial charge in [0.25, 0.3) is 0 Å². The van der Waals surface area contributed by atoms with Crippen LogP contribution in [0.5, 0.6) is 5.75 Å². The van der Waals surface area contributed by atoms with Crippen LogP contribution in [0.15, 0.2) is 28.1 Å². The maximum absolute atomic E-state index is 13.5. The summed E-state index contributed by atoms with van der Waals surface area (Å²) in [5.41, 5.74) is 0.815. The predicted molar refractivity (Wildman–Crippen MR) is 82.5 cm³/mol. The minimum absolute atomic E-state index is 0.231. The van der Waals surface area contributed by atoms with Crippen molar-refractivity contribution < 1.29 is 9.13 Å². The fraction of sp³-hybridized carbons (Fsp3) is 0.357. The van der Waals surface area contributed by atoms with E-state index in [1.54, 1.807) is 23.5 Å². The van der Waals surface area contributed by atoms with Gasteiger partial charge in [-0.15, -0.1) is 11.3 Å². The lowest BCUT2D eigenvalue weighted by Gasteiger charge is -2.06. The molecule has 6 heteroatoms. The predicted octanol–water partition coefficient (Wildman–Crippen LogP) is 4.12. The standard InChI is InChI=1S/C14H16BrFN2OS/c1-9(2)17-6-14-18-11(8-20-14)7-19-13-5-10(15)3-4-12(13)16/h3-5,8-9,17H,6-7H2,1-2H3. The number of thiazole rings is 1. The summed E-state index contributed by atoms with van der Waals surface area (Å²) in [5.74, 6) is -0.139. The molecule has 108 valence electrons. The summed E-state index contributed by atoms with van der Waals surface area (Å²) >= 11 is 4.87. The molecule has 1 N–H and O–H groups in total. The van der Waals surface area contributed by atoms with Crippen LogP contribution in [-0.4, -0.2) is 11.0 Å². The number of hydrogen-bond donors (Lipinski definition) is 1. The van der Waals surface area contributed by atoms with Gasteiger partial charge in [-0.2, -0.15) is 0 Å². The van der Waals surface area contributed by atoms with Crippen LogP contribution in [0.4, 0.5) is 4.39 Å². The molecule has 0 bridgehead atoms. The Morgan fingerprint density at radius 1 is 1.45 bits per heavy atom. The Morgan fingerprint density at radius 2 is 2.25 bits per heavy atom. The highest BCUT2D eigenvalue weighted by molar-refractivity contribution is 9.10. The largest absolute Gasteiger partial charge is 0.484 e. The van der Waals surface area contributed by atoms with Gasteiger partial charge in [0.05, 0.1) is 5.69 Å². The van der Waals surface area contributed by atoms with Crippen molar-refractivity contribution in [3.63, 3.8) is 0 Å². The summed E-state index contributed by atoms with van der Waals surface area (Å²) in [5, 5.41) is 6.25. The van der Waals surface area contributed by atoms with Crippen molar-refractivity contribution in [2.24, 2.45) is 0 Å². The minimum Gasteiger partial charge on any atom is -0.484 e. The number of nitrogens with one attached hydrogen (secondary N) is 1. The van der Waals surface area contributed by atoms with Crippen LogP contribution >= 0.6 is 27.3 Å². The van der Waals surface area contributed by atoms with E-state index in [1.807, 2.05) is 5.38 Å². The second kappa shape index (κ2) is 7.15. The van der Waals surface area contributed by atoms with Crippen LogP contribution in [0.3, 0.4) is 0 Å². The number of rotatable bonds is 6. The first kappa shape index (κ1) is 15.4. The highest BCUT2D eigenvalue weighted by Gasteiger charge is 2.07. The minimum atomic E-state index is -0.370. The third-order valence-electron chi connectivity index (χ3n) is 2.53. The van der Waals surface area contributed by atoms with Gasteiger partial charge in [-0.3, -0.25) is 0 Å². The van der Waals surface area contributed by atoms with E-state index in [-0.39, 0.29) is 18.2 Å². The molecule has 3 nitrogen and oxygen atoms in total. The van der Waals surface area contributed by atoms with Gasteiger partial charge in [-0.25, -0.2) is 9.37 Å². The van der Waals surface area contributed by atoms with Crippen molar-refractivity contribution >= 4 is 27.3 Å². The van der Waals surface area contributed by atoms with E-state index in [2.05, 4.69) is 40.1 Å². The Bertz CT molecular complexity index is 574. The zero-order valence-corrected chi connectivity index (χ0v) is 13.7. The summed E-state index contributed by atoms with van der Waals surface area (Å²) < 4.78 is 19.8. The van der Waals surface area contributed by atoms with Crippen molar-refractivity contribution in [1.29, 1.82) is 0 Å². The molecule has 0 radical (unpaired) electrons. The first-order chi connectivity index (χ1) is 9.54. The fourth-order valence-corrected chi connectivity index (χ4v) is 2.60. The van der Waals surface area contributed by atoms with E-state index in [0.717, 1.165) is 21.7 Å². The van der Waals surface area contributed by atoms with Crippen LogP contribution in [0.2, 0.25) is 0 Å². The molecule has 0 amide bonds. The number of aromatic nitrogens is 1. The third kappa shape index (κ3) is 4.54. The molecule has 0 atom stereocenters. The summed E-state index contributed by atoms with van der Waals surface area (Å²) in [6, 6.07) is 5.05. The third-order valence-corrected chi connectivity index (χ3v) is 3.92.